The van der Waals surface area contributed by atoms with E-state index in [-0.39, 0.29) is 5.92 Å². The van der Waals surface area contributed by atoms with Crippen molar-refractivity contribution in [3.63, 3.8) is 0 Å². The molecule has 1 fully saturated rings. The lowest BCUT2D eigenvalue weighted by Crippen LogP contribution is -2.21. The van der Waals surface area contributed by atoms with Crippen molar-refractivity contribution in [2.24, 2.45) is 0 Å². The maximum absolute atomic E-state index is 11.8. The Morgan fingerprint density at radius 2 is 2.35 bits per heavy atom. The maximum atomic E-state index is 11.8. The second kappa shape index (κ2) is 5.31. The van der Waals surface area contributed by atoms with E-state index < -0.39 is 0 Å². The molecule has 17 heavy (non-hydrogen) atoms. The molecule has 0 saturated heterocycles. The van der Waals surface area contributed by atoms with E-state index in [1.165, 1.54) is 0 Å². The molecule has 1 atom stereocenters. The highest BCUT2D eigenvalue weighted by molar-refractivity contribution is 9.10. The zero-order valence-corrected chi connectivity index (χ0v) is 11.9. The number of rotatable bonds is 4. The third-order valence-electron chi connectivity index (χ3n) is 3.23. The Balaban J connectivity index is 2.20. The van der Waals surface area contributed by atoms with E-state index in [1.54, 1.807) is 6.20 Å². The number of carbonyl (C=O) groups is 1. The summed E-state index contributed by atoms with van der Waals surface area (Å²) in [5.41, 5.74) is 1.06. The number of aromatic nitrogens is 2. The van der Waals surface area contributed by atoms with Crippen molar-refractivity contribution in [2.75, 3.05) is 20.6 Å². The number of hydrogen-bond donors (Lipinski definition) is 0. The van der Waals surface area contributed by atoms with E-state index in [9.17, 15) is 4.79 Å². The van der Waals surface area contributed by atoms with Crippen LogP contribution in [0.15, 0.2) is 10.7 Å². The highest BCUT2D eigenvalue weighted by atomic mass is 79.9. The summed E-state index contributed by atoms with van der Waals surface area (Å²) in [4.78, 5) is 14.0. The molecule has 1 aliphatic rings. The summed E-state index contributed by atoms with van der Waals surface area (Å²) in [5, 5.41) is 4.36. The highest BCUT2D eigenvalue weighted by Crippen LogP contribution is 2.35. The molecule has 1 unspecified atom stereocenters. The average molecular weight is 300 g/mol. The largest absolute Gasteiger partial charge is 0.308 e. The Kier molecular flexibility index (Phi) is 3.99. The monoisotopic (exact) mass is 299 g/mol. The van der Waals surface area contributed by atoms with Gasteiger partial charge in [-0.1, -0.05) is 0 Å². The number of hydrogen-bond acceptors (Lipinski definition) is 3. The molecule has 0 aliphatic heterocycles. The van der Waals surface area contributed by atoms with Crippen LogP contribution in [0, 0.1) is 0 Å². The molecule has 0 N–H and O–H groups in total. The topological polar surface area (TPSA) is 38.1 Å². The molecule has 0 spiro atoms. The minimum absolute atomic E-state index is 0.0500. The van der Waals surface area contributed by atoms with Crippen molar-refractivity contribution in [3.8, 4) is 0 Å². The summed E-state index contributed by atoms with van der Waals surface area (Å²) >= 11 is 3.51. The standard InChI is InChI=1S/C12H18BrN3O/c1-15(2)6-7-16-12(10(13)8-14-16)9-4-3-5-11(9)17/h8-9H,3-7H2,1-2H3. The van der Waals surface area contributed by atoms with Crippen molar-refractivity contribution in [1.82, 2.24) is 14.7 Å². The van der Waals surface area contributed by atoms with Gasteiger partial charge in [-0.05, 0) is 42.9 Å². The van der Waals surface area contributed by atoms with E-state index >= 15 is 0 Å². The fourth-order valence-corrected chi connectivity index (χ4v) is 2.87. The van der Waals surface area contributed by atoms with Crippen LogP contribution in [0.25, 0.3) is 0 Å². The van der Waals surface area contributed by atoms with Gasteiger partial charge in [-0.15, -0.1) is 0 Å². The first-order valence-corrected chi connectivity index (χ1v) is 6.77. The Morgan fingerprint density at radius 1 is 1.59 bits per heavy atom. The smallest absolute Gasteiger partial charge is 0.141 e. The first-order valence-electron chi connectivity index (χ1n) is 5.98. The quantitative estimate of drug-likeness (QED) is 0.854. The van der Waals surface area contributed by atoms with Crippen molar-refractivity contribution >= 4 is 21.7 Å². The van der Waals surface area contributed by atoms with Gasteiger partial charge in [-0.3, -0.25) is 9.48 Å². The molecule has 0 amide bonds. The van der Waals surface area contributed by atoms with E-state index in [1.807, 2.05) is 18.8 Å². The number of ketones is 1. The molecular formula is C12H18BrN3O. The second-order valence-electron chi connectivity index (χ2n) is 4.82. The third kappa shape index (κ3) is 2.77. The normalized spacial score (nSPS) is 20.5. The molecule has 1 aliphatic carbocycles. The molecule has 0 radical (unpaired) electrons. The third-order valence-corrected chi connectivity index (χ3v) is 3.84. The lowest BCUT2D eigenvalue weighted by Gasteiger charge is -2.15. The van der Waals surface area contributed by atoms with E-state index in [0.29, 0.717) is 5.78 Å². The number of likely N-dealkylation sites (N-methyl/N-ethyl adjacent to an activating group) is 1. The minimum atomic E-state index is 0.0500. The lowest BCUT2D eigenvalue weighted by molar-refractivity contribution is -0.118. The van der Waals surface area contributed by atoms with Crippen molar-refractivity contribution in [2.45, 2.75) is 31.7 Å². The maximum Gasteiger partial charge on any atom is 0.141 e. The van der Waals surface area contributed by atoms with Crippen molar-refractivity contribution < 1.29 is 4.79 Å². The first-order chi connectivity index (χ1) is 8.09. The SMILES string of the molecule is CN(C)CCn1ncc(Br)c1C1CCCC1=O. The van der Waals surface area contributed by atoms with Crippen LogP contribution < -0.4 is 0 Å². The van der Waals surface area contributed by atoms with Crippen LogP contribution in [0.2, 0.25) is 0 Å². The molecule has 0 aromatic carbocycles. The predicted molar refractivity (Wildman–Crippen MR) is 70.1 cm³/mol. The number of nitrogens with zero attached hydrogens (tertiary/aromatic N) is 3. The van der Waals surface area contributed by atoms with Gasteiger partial charge in [0, 0.05) is 13.0 Å². The van der Waals surface area contributed by atoms with Gasteiger partial charge in [0.2, 0.25) is 0 Å². The van der Waals surface area contributed by atoms with Crippen LogP contribution in [-0.2, 0) is 11.3 Å². The van der Waals surface area contributed by atoms with Crippen LogP contribution in [-0.4, -0.2) is 41.1 Å². The molecule has 1 saturated carbocycles. The molecule has 2 rings (SSSR count). The number of halogens is 1. The molecule has 1 heterocycles. The summed E-state index contributed by atoms with van der Waals surface area (Å²) in [6, 6.07) is 0. The Hall–Kier alpha value is -0.680. The molecule has 1 aromatic heterocycles. The van der Waals surface area contributed by atoms with Gasteiger partial charge < -0.3 is 4.90 Å². The van der Waals surface area contributed by atoms with Crippen LogP contribution in [0.5, 0.6) is 0 Å². The zero-order chi connectivity index (χ0) is 12.4. The molecular weight excluding hydrogens is 282 g/mol. The Bertz CT molecular complexity index is 414. The fourth-order valence-electron chi connectivity index (χ4n) is 2.30. The molecule has 0 bridgehead atoms. The summed E-state index contributed by atoms with van der Waals surface area (Å²) in [5.74, 6) is 0.409. The molecule has 1 aromatic rings. The number of Topliss-reactive ketones (excluding diaryl/α,β-unsaturated/α-hetero) is 1. The summed E-state index contributed by atoms with van der Waals surface area (Å²) < 4.78 is 2.94. The average Bonchev–Trinajstić information content (AvgIpc) is 2.82. The lowest BCUT2D eigenvalue weighted by atomic mass is 10.0. The van der Waals surface area contributed by atoms with Crippen LogP contribution >= 0.6 is 15.9 Å². The first kappa shape index (κ1) is 12.8. The predicted octanol–water partition coefficient (Wildman–Crippen LogP) is 2.04. The van der Waals surface area contributed by atoms with Gasteiger partial charge in [0.15, 0.2) is 0 Å². The van der Waals surface area contributed by atoms with Gasteiger partial charge in [0.25, 0.3) is 0 Å². The van der Waals surface area contributed by atoms with Crippen molar-refractivity contribution in [3.05, 3.63) is 16.4 Å². The minimum Gasteiger partial charge on any atom is -0.308 e. The van der Waals surface area contributed by atoms with Crippen LogP contribution in [0.4, 0.5) is 0 Å². The van der Waals surface area contributed by atoms with E-state index in [0.717, 1.165) is 42.5 Å². The Labute approximate surface area is 110 Å². The van der Waals surface area contributed by atoms with Gasteiger partial charge in [0.05, 0.1) is 28.8 Å². The van der Waals surface area contributed by atoms with E-state index in [4.69, 9.17) is 0 Å². The molecule has 4 nitrogen and oxygen atoms in total. The fraction of sp³-hybridized carbons (Fsp3) is 0.667. The summed E-state index contributed by atoms with van der Waals surface area (Å²) in [7, 11) is 4.08. The van der Waals surface area contributed by atoms with Crippen LogP contribution in [0.1, 0.15) is 30.9 Å². The summed E-state index contributed by atoms with van der Waals surface area (Å²) in [6.07, 6.45) is 4.49. The van der Waals surface area contributed by atoms with Gasteiger partial charge in [0.1, 0.15) is 5.78 Å². The Morgan fingerprint density at radius 3 is 2.94 bits per heavy atom. The van der Waals surface area contributed by atoms with Crippen LogP contribution in [0.3, 0.4) is 0 Å². The molecule has 5 heteroatoms. The van der Waals surface area contributed by atoms with Gasteiger partial charge in [-0.2, -0.15) is 5.10 Å². The van der Waals surface area contributed by atoms with E-state index in [2.05, 4.69) is 25.9 Å². The van der Waals surface area contributed by atoms with Gasteiger partial charge >= 0.3 is 0 Å². The zero-order valence-electron chi connectivity index (χ0n) is 10.3. The van der Waals surface area contributed by atoms with Crippen molar-refractivity contribution in [1.29, 1.82) is 0 Å². The second-order valence-corrected chi connectivity index (χ2v) is 5.67. The highest BCUT2D eigenvalue weighted by Gasteiger charge is 2.30. The summed E-state index contributed by atoms with van der Waals surface area (Å²) in [6.45, 7) is 1.76. The van der Waals surface area contributed by atoms with Gasteiger partial charge in [-0.25, -0.2) is 0 Å². The molecule has 94 valence electrons. The number of carbonyl (C=O) groups excluding carboxylic acids is 1.